The average Bonchev–Trinajstić information content (AvgIpc) is 2.51. The highest BCUT2D eigenvalue weighted by Gasteiger charge is 2.10. The van der Waals surface area contributed by atoms with Gasteiger partial charge in [0.1, 0.15) is 0 Å². The fourth-order valence-electron chi connectivity index (χ4n) is 2.48. The molecule has 0 bridgehead atoms. The summed E-state index contributed by atoms with van der Waals surface area (Å²) in [5, 5.41) is 3.22. The first-order valence-corrected chi connectivity index (χ1v) is 7.66. The van der Waals surface area contributed by atoms with Gasteiger partial charge in [0.25, 0.3) is 0 Å². The molecule has 21 heavy (non-hydrogen) atoms. The van der Waals surface area contributed by atoms with Crippen molar-refractivity contribution >= 4 is 0 Å². The van der Waals surface area contributed by atoms with Crippen LogP contribution in [0.2, 0.25) is 0 Å². The Kier molecular flexibility index (Phi) is 6.45. The lowest BCUT2D eigenvalue weighted by Crippen LogP contribution is -2.20. The van der Waals surface area contributed by atoms with Crippen LogP contribution in [0.15, 0.2) is 54.6 Å². The Balaban J connectivity index is 1.83. The lowest BCUT2D eigenvalue weighted by molar-refractivity contribution is 0.0523. The van der Waals surface area contributed by atoms with E-state index in [1.165, 1.54) is 16.7 Å². The second-order valence-corrected chi connectivity index (χ2v) is 5.42. The Bertz CT molecular complexity index is 524. The number of benzene rings is 2. The van der Waals surface area contributed by atoms with E-state index in [4.69, 9.17) is 4.74 Å². The van der Waals surface area contributed by atoms with Crippen molar-refractivity contribution in [3.63, 3.8) is 0 Å². The van der Waals surface area contributed by atoms with Gasteiger partial charge in [-0.1, -0.05) is 60.2 Å². The van der Waals surface area contributed by atoms with E-state index in [9.17, 15) is 0 Å². The zero-order valence-electron chi connectivity index (χ0n) is 13.0. The van der Waals surface area contributed by atoms with Crippen LogP contribution in [0.4, 0.5) is 0 Å². The van der Waals surface area contributed by atoms with E-state index in [0.29, 0.717) is 0 Å². The van der Waals surface area contributed by atoms with Crippen LogP contribution in [0.25, 0.3) is 0 Å². The minimum Gasteiger partial charge on any atom is -0.372 e. The first-order valence-electron chi connectivity index (χ1n) is 7.66. The number of hydrogen-bond donors (Lipinski definition) is 1. The zero-order chi connectivity index (χ0) is 14.9. The molecule has 2 nitrogen and oxygen atoms in total. The maximum atomic E-state index is 6.08. The quantitative estimate of drug-likeness (QED) is 0.742. The molecule has 1 atom stereocenters. The van der Waals surface area contributed by atoms with Gasteiger partial charge in [-0.25, -0.2) is 0 Å². The molecule has 0 heterocycles. The van der Waals surface area contributed by atoms with E-state index in [-0.39, 0.29) is 6.10 Å². The topological polar surface area (TPSA) is 21.3 Å². The van der Waals surface area contributed by atoms with E-state index in [0.717, 1.165) is 26.0 Å². The Labute approximate surface area is 128 Å². The second kappa shape index (κ2) is 8.60. The maximum absolute atomic E-state index is 6.08. The molecule has 0 spiro atoms. The Hall–Kier alpha value is -1.64. The Morgan fingerprint density at radius 1 is 1.05 bits per heavy atom. The summed E-state index contributed by atoms with van der Waals surface area (Å²) in [7, 11) is 1.97. The monoisotopic (exact) mass is 283 g/mol. The summed E-state index contributed by atoms with van der Waals surface area (Å²) in [5.41, 5.74) is 3.91. The third kappa shape index (κ3) is 5.33. The van der Waals surface area contributed by atoms with Crippen LogP contribution >= 0.6 is 0 Å². The molecule has 112 valence electrons. The SMILES string of the molecule is CNCC(OCCCc1ccccc1)c1cccc(C)c1. The summed E-state index contributed by atoms with van der Waals surface area (Å²) in [5.74, 6) is 0. The van der Waals surface area contributed by atoms with Crippen molar-refractivity contribution in [2.45, 2.75) is 25.9 Å². The van der Waals surface area contributed by atoms with Crippen molar-refractivity contribution < 1.29 is 4.74 Å². The van der Waals surface area contributed by atoms with Crippen molar-refractivity contribution in [2.75, 3.05) is 20.2 Å². The maximum Gasteiger partial charge on any atom is 0.0949 e. The molecule has 0 aliphatic rings. The van der Waals surface area contributed by atoms with Gasteiger partial charge < -0.3 is 10.1 Å². The summed E-state index contributed by atoms with van der Waals surface area (Å²) in [4.78, 5) is 0. The molecule has 0 amide bonds. The summed E-state index contributed by atoms with van der Waals surface area (Å²) < 4.78 is 6.08. The van der Waals surface area contributed by atoms with Crippen molar-refractivity contribution in [3.8, 4) is 0 Å². The van der Waals surface area contributed by atoms with Gasteiger partial charge in [-0.15, -0.1) is 0 Å². The molecule has 0 aliphatic carbocycles. The minimum absolute atomic E-state index is 0.130. The number of ether oxygens (including phenoxy) is 1. The predicted molar refractivity (Wildman–Crippen MR) is 88.6 cm³/mol. The molecule has 0 aliphatic heterocycles. The molecule has 0 saturated carbocycles. The molecule has 2 heteroatoms. The van der Waals surface area contributed by atoms with Gasteiger partial charge in [0.15, 0.2) is 0 Å². The zero-order valence-corrected chi connectivity index (χ0v) is 13.0. The third-order valence-corrected chi connectivity index (χ3v) is 3.58. The van der Waals surface area contributed by atoms with Crippen LogP contribution in [-0.2, 0) is 11.2 Å². The van der Waals surface area contributed by atoms with Crippen LogP contribution < -0.4 is 5.32 Å². The molecule has 0 saturated heterocycles. The van der Waals surface area contributed by atoms with E-state index in [1.54, 1.807) is 0 Å². The molecule has 0 fully saturated rings. The molecule has 1 unspecified atom stereocenters. The number of rotatable bonds is 8. The van der Waals surface area contributed by atoms with Crippen LogP contribution in [0.5, 0.6) is 0 Å². The second-order valence-electron chi connectivity index (χ2n) is 5.42. The van der Waals surface area contributed by atoms with E-state index in [1.807, 2.05) is 7.05 Å². The van der Waals surface area contributed by atoms with Gasteiger partial charge in [-0.3, -0.25) is 0 Å². The highest BCUT2D eigenvalue weighted by molar-refractivity contribution is 5.24. The summed E-state index contributed by atoms with van der Waals surface area (Å²) in [6, 6.07) is 19.2. The molecule has 2 aromatic carbocycles. The number of likely N-dealkylation sites (N-methyl/N-ethyl adjacent to an activating group) is 1. The van der Waals surface area contributed by atoms with Gasteiger partial charge in [0.2, 0.25) is 0 Å². The van der Waals surface area contributed by atoms with Gasteiger partial charge in [0.05, 0.1) is 6.10 Å². The summed E-state index contributed by atoms with van der Waals surface area (Å²) in [6.45, 7) is 3.75. The molecular formula is C19H25NO. The largest absolute Gasteiger partial charge is 0.372 e. The van der Waals surface area contributed by atoms with Crippen LogP contribution in [-0.4, -0.2) is 20.2 Å². The van der Waals surface area contributed by atoms with Gasteiger partial charge in [0, 0.05) is 13.2 Å². The molecule has 0 radical (unpaired) electrons. The summed E-state index contributed by atoms with van der Waals surface area (Å²) in [6.07, 6.45) is 2.25. The third-order valence-electron chi connectivity index (χ3n) is 3.58. The van der Waals surface area contributed by atoms with E-state index >= 15 is 0 Å². The standard InChI is InChI=1S/C19H25NO/c1-16-8-6-12-18(14-16)19(15-20-2)21-13-7-11-17-9-4-3-5-10-17/h3-6,8-10,12,14,19-20H,7,11,13,15H2,1-2H3. The first-order chi connectivity index (χ1) is 10.3. The molecule has 2 rings (SSSR count). The number of hydrogen-bond acceptors (Lipinski definition) is 2. The Morgan fingerprint density at radius 3 is 2.57 bits per heavy atom. The van der Waals surface area contributed by atoms with Crippen LogP contribution in [0.1, 0.15) is 29.2 Å². The molecule has 2 aromatic rings. The first kappa shape index (κ1) is 15.7. The minimum atomic E-state index is 0.130. The molecular weight excluding hydrogens is 258 g/mol. The summed E-state index contributed by atoms with van der Waals surface area (Å²) >= 11 is 0. The van der Waals surface area contributed by atoms with Crippen LogP contribution in [0, 0.1) is 6.92 Å². The Morgan fingerprint density at radius 2 is 1.86 bits per heavy atom. The van der Waals surface area contributed by atoms with Crippen LogP contribution in [0.3, 0.4) is 0 Å². The lowest BCUT2D eigenvalue weighted by Gasteiger charge is -2.18. The predicted octanol–water partition coefficient (Wildman–Crippen LogP) is 3.90. The van der Waals surface area contributed by atoms with Crippen molar-refractivity contribution in [3.05, 3.63) is 71.3 Å². The van der Waals surface area contributed by atoms with E-state index < -0.39 is 0 Å². The smallest absolute Gasteiger partial charge is 0.0949 e. The van der Waals surface area contributed by atoms with Gasteiger partial charge in [-0.2, -0.15) is 0 Å². The average molecular weight is 283 g/mol. The van der Waals surface area contributed by atoms with Crippen molar-refractivity contribution in [2.24, 2.45) is 0 Å². The van der Waals surface area contributed by atoms with Crippen molar-refractivity contribution in [1.82, 2.24) is 5.32 Å². The molecule has 1 N–H and O–H groups in total. The lowest BCUT2D eigenvalue weighted by atomic mass is 10.1. The molecule has 0 aromatic heterocycles. The van der Waals surface area contributed by atoms with E-state index in [2.05, 4.69) is 66.8 Å². The number of nitrogens with one attached hydrogen (secondary N) is 1. The van der Waals surface area contributed by atoms with Crippen molar-refractivity contribution in [1.29, 1.82) is 0 Å². The van der Waals surface area contributed by atoms with Gasteiger partial charge >= 0.3 is 0 Å². The highest BCUT2D eigenvalue weighted by Crippen LogP contribution is 2.18. The highest BCUT2D eigenvalue weighted by atomic mass is 16.5. The van der Waals surface area contributed by atoms with Gasteiger partial charge in [-0.05, 0) is 37.9 Å². The fourth-order valence-corrected chi connectivity index (χ4v) is 2.48. The number of aryl methyl sites for hydroxylation is 2. The normalized spacial score (nSPS) is 12.3. The fraction of sp³-hybridized carbons (Fsp3) is 0.368.